The molecule has 0 radical (unpaired) electrons. The Hall–Kier alpha value is -2.47. The smallest absolute Gasteiger partial charge is 0.225 e. The molecular weight excluding hydrogens is 390 g/mol. The number of hydrogen-bond donors (Lipinski definition) is 1. The van der Waals surface area contributed by atoms with Gasteiger partial charge >= 0.3 is 0 Å². The van der Waals surface area contributed by atoms with Gasteiger partial charge in [0.2, 0.25) is 5.91 Å². The van der Waals surface area contributed by atoms with Crippen LogP contribution in [-0.4, -0.2) is 55.0 Å². The molecule has 0 aliphatic carbocycles. The van der Waals surface area contributed by atoms with Crippen molar-refractivity contribution >= 4 is 17.2 Å². The van der Waals surface area contributed by atoms with Gasteiger partial charge in [0, 0.05) is 44.1 Å². The largest absolute Gasteiger partial charge is 0.355 e. The first-order chi connectivity index (χ1) is 14.8. The number of amides is 1. The lowest BCUT2D eigenvalue weighted by molar-refractivity contribution is -0.120. The first-order valence-electron chi connectivity index (χ1n) is 10.6. The molecule has 156 valence electrons. The molecule has 1 aromatic heterocycles. The van der Waals surface area contributed by atoms with Gasteiger partial charge in [-0.2, -0.15) is 0 Å². The molecule has 4 nitrogen and oxygen atoms in total. The quantitative estimate of drug-likeness (QED) is 0.603. The third kappa shape index (κ3) is 5.57. The minimum absolute atomic E-state index is 0.115. The number of rotatable bonds is 8. The normalized spacial score (nSPS) is 15.4. The Kier molecular flexibility index (Phi) is 7.29. The van der Waals surface area contributed by atoms with Crippen LogP contribution in [0.4, 0.5) is 0 Å². The van der Waals surface area contributed by atoms with Crippen molar-refractivity contribution in [3.8, 4) is 0 Å². The van der Waals surface area contributed by atoms with E-state index in [-0.39, 0.29) is 5.91 Å². The summed E-state index contributed by atoms with van der Waals surface area (Å²) in [6, 6.07) is 25.9. The second kappa shape index (κ2) is 10.5. The van der Waals surface area contributed by atoms with Crippen LogP contribution in [-0.2, 0) is 11.2 Å². The highest BCUT2D eigenvalue weighted by Crippen LogP contribution is 2.29. The maximum Gasteiger partial charge on any atom is 0.225 e. The summed E-state index contributed by atoms with van der Waals surface area (Å²) in [4.78, 5) is 18.2. The number of nitrogens with one attached hydrogen (secondary N) is 1. The highest BCUT2D eigenvalue weighted by Gasteiger charge is 2.26. The average molecular weight is 420 g/mol. The van der Waals surface area contributed by atoms with Crippen molar-refractivity contribution in [2.75, 3.05) is 39.3 Å². The molecule has 1 aliphatic heterocycles. The van der Waals surface area contributed by atoms with Crippen LogP contribution in [0.15, 0.2) is 78.2 Å². The van der Waals surface area contributed by atoms with Crippen LogP contribution in [0, 0.1) is 0 Å². The van der Waals surface area contributed by atoms with Crippen molar-refractivity contribution in [1.82, 2.24) is 15.1 Å². The fourth-order valence-electron chi connectivity index (χ4n) is 4.12. The summed E-state index contributed by atoms with van der Waals surface area (Å²) in [7, 11) is 0. The van der Waals surface area contributed by atoms with E-state index >= 15 is 0 Å². The van der Waals surface area contributed by atoms with Crippen molar-refractivity contribution in [2.45, 2.75) is 12.5 Å². The Morgan fingerprint density at radius 2 is 1.50 bits per heavy atom. The van der Waals surface area contributed by atoms with E-state index in [0.717, 1.165) is 37.6 Å². The molecule has 30 heavy (non-hydrogen) atoms. The van der Waals surface area contributed by atoms with E-state index in [4.69, 9.17) is 0 Å². The fourth-order valence-corrected chi connectivity index (χ4v) is 4.82. The average Bonchev–Trinajstić information content (AvgIpc) is 3.29. The molecule has 0 spiro atoms. The summed E-state index contributed by atoms with van der Waals surface area (Å²) in [5.41, 5.74) is 2.69. The summed E-state index contributed by atoms with van der Waals surface area (Å²) in [6.07, 6.45) is 0.487. The molecule has 0 atom stereocenters. The second-order valence-corrected chi connectivity index (χ2v) is 8.74. The van der Waals surface area contributed by atoms with Crippen molar-refractivity contribution in [3.05, 3.63) is 94.2 Å². The molecule has 1 aliphatic rings. The Morgan fingerprint density at radius 3 is 2.07 bits per heavy atom. The molecule has 1 fully saturated rings. The van der Waals surface area contributed by atoms with Crippen molar-refractivity contribution in [1.29, 1.82) is 0 Å². The second-order valence-electron chi connectivity index (χ2n) is 7.71. The summed E-state index contributed by atoms with van der Waals surface area (Å²) >= 11 is 1.64. The maximum atomic E-state index is 12.1. The molecule has 0 bridgehead atoms. The van der Waals surface area contributed by atoms with Crippen LogP contribution in [0.3, 0.4) is 0 Å². The van der Waals surface area contributed by atoms with Crippen LogP contribution < -0.4 is 5.32 Å². The maximum absolute atomic E-state index is 12.1. The molecule has 4 rings (SSSR count). The summed E-state index contributed by atoms with van der Waals surface area (Å²) in [5.74, 6) is 0.115. The third-order valence-electron chi connectivity index (χ3n) is 5.67. The molecule has 1 saturated heterocycles. The zero-order valence-electron chi connectivity index (χ0n) is 17.2. The van der Waals surface area contributed by atoms with Gasteiger partial charge in [0.1, 0.15) is 0 Å². The first-order valence-corrected chi connectivity index (χ1v) is 11.5. The van der Waals surface area contributed by atoms with Crippen LogP contribution in [0.2, 0.25) is 0 Å². The van der Waals surface area contributed by atoms with E-state index in [1.54, 1.807) is 11.3 Å². The minimum Gasteiger partial charge on any atom is -0.355 e. The number of hydrogen-bond acceptors (Lipinski definition) is 4. The zero-order valence-corrected chi connectivity index (χ0v) is 18.1. The van der Waals surface area contributed by atoms with Gasteiger partial charge in [-0.3, -0.25) is 14.6 Å². The number of piperazine rings is 1. The van der Waals surface area contributed by atoms with E-state index in [9.17, 15) is 4.79 Å². The lowest BCUT2D eigenvalue weighted by Gasteiger charge is -2.39. The number of carbonyl (C=O) groups excluding carboxylic acids is 1. The Morgan fingerprint density at radius 1 is 0.867 bits per heavy atom. The Balaban J connectivity index is 1.29. The van der Waals surface area contributed by atoms with E-state index < -0.39 is 0 Å². The van der Waals surface area contributed by atoms with E-state index in [1.807, 2.05) is 17.5 Å². The Labute approximate surface area is 183 Å². The van der Waals surface area contributed by atoms with Crippen molar-refractivity contribution < 1.29 is 4.79 Å². The molecule has 3 aromatic rings. The van der Waals surface area contributed by atoms with Gasteiger partial charge in [0.15, 0.2) is 0 Å². The van der Waals surface area contributed by atoms with Gasteiger partial charge in [-0.25, -0.2) is 0 Å². The number of nitrogens with zero attached hydrogens (tertiary/aromatic N) is 2. The van der Waals surface area contributed by atoms with Gasteiger partial charge in [0.05, 0.1) is 12.5 Å². The summed E-state index contributed by atoms with van der Waals surface area (Å²) in [6.45, 7) is 5.72. The van der Waals surface area contributed by atoms with E-state index in [2.05, 4.69) is 75.8 Å². The molecule has 1 N–H and O–H groups in total. The predicted octanol–water partition coefficient (Wildman–Crippen LogP) is 3.81. The summed E-state index contributed by atoms with van der Waals surface area (Å²) < 4.78 is 0. The number of thiophene rings is 1. The number of carbonyl (C=O) groups is 1. The van der Waals surface area contributed by atoms with Crippen LogP contribution >= 0.6 is 11.3 Å². The molecule has 0 saturated carbocycles. The van der Waals surface area contributed by atoms with Gasteiger partial charge in [-0.05, 0) is 22.6 Å². The highest BCUT2D eigenvalue weighted by atomic mass is 32.1. The van der Waals surface area contributed by atoms with Crippen LogP contribution in [0.5, 0.6) is 0 Å². The molecular formula is C25H29N3OS. The highest BCUT2D eigenvalue weighted by molar-refractivity contribution is 7.10. The van der Waals surface area contributed by atoms with Crippen LogP contribution in [0.1, 0.15) is 22.0 Å². The number of benzene rings is 2. The van der Waals surface area contributed by atoms with E-state index in [0.29, 0.717) is 19.0 Å². The SMILES string of the molecule is O=C(Cc1cccs1)NCCN1CCN(C(c2ccccc2)c2ccccc2)CC1. The summed E-state index contributed by atoms with van der Waals surface area (Å²) in [5, 5.41) is 5.08. The lowest BCUT2D eigenvalue weighted by Crippen LogP contribution is -2.49. The first kappa shape index (κ1) is 20.8. The predicted molar refractivity (Wildman–Crippen MR) is 124 cm³/mol. The fraction of sp³-hybridized carbons (Fsp3) is 0.320. The Bertz CT molecular complexity index is 851. The topological polar surface area (TPSA) is 35.6 Å². The van der Waals surface area contributed by atoms with Gasteiger partial charge < -0.3 is 5.32 Å². The standard InChI is InChI=1S/C25H29N3OS/c29-24(20-23-12-7-19-30-23)26-13-14-27-15-17-28(18-16-27)25(21-8-3-1-4-9-21)22-10-5-2-6-11-22/h1-12,19,25H,13-18,20H2,(H,26,29). The van der Waals surface area contributed by atoms with Crippen LogP contribution in [0.25, 0.3) is 0 Å². The van der Waals surface area contributed by atoms with Gasteiger partial charge in [-0.1, -0.05) is 66.7 Å². The molecule has 2 heterocycles. The van der Waals surface area contributed by atoms with Crippen molar-refractivity contribution in [2.24, 2.45) is 0 Å². The van der Waals surface area contributed by atoms with Gasteiger partial charge in [-0.15, -0.1) is 11.3 Å². The molecule has 1 amide bonds. The molecule has 5 heteroatoms. The lowest BCUT2D eigenvalue weighted by atomic mass is 9.96. The molecule has 0 unspecified atom stereocenters. The molecule has 2 aromatic carbocycles. The van der Waals surface area contributed by atoms with Crippen molar-refractivity contribution in [3.63, 3.8) is 0 Å². The zero-order chi connectivity index (χ0) is 20.6. The third-order valence-corrected chi connectivity index (χ3v) is 6.54. The van der Waals surface area contributed by atoms with Gasteiger partial charge in [0.25, 0.3) is 0 Å². The minimum atomic E-state index is 0.115. The monoisotopic (exact) mass is 419 g/mol. The van der Waals surface area contributed by atoms with E-state index in [1.165, 1.54) is 11.1 Å².